The summed E-state index contributed by atoms with van der Waals surface area (Å²) in [6.07, 6.45) is 0.721. The SMILES string of the molecule is CC(C)C[C@@H](N)c1ccc(F)c(N)c1O. The molecule has 0 amide bonds. The van der Waals surface area contributed by atoms with Gasteiger partial charge < -0.3 is 16.6 Å². The monoisotopic (exact) mass is 212 g/mol. The molecule has 0 saturated heterocycles. The third kappa shape index (κ3) is 2.59. The highest BCUT2D eigenvalue weighted by atomic mass is 19.1. The molecule has 4 heteroatoms. The maximum atomic E-state index is 13.0. The Morgan fingerprint density at radius 3 is 2.53 bits per heavy atom. The van der Waals surface area contributed by atoms with Crippen LogP contribution in [-0.4, -0.2) is 5.11 Å². The summed E-state index contributed by atoms with van der Waals surface area (Å²) < 4.78 is 13.0. The Hall–Kier alpha value is -1.29. The molecule has 0 heterocycles. The molecule has 1 atom stereocenters. The summed E-state index contributed by atoms with van der Waals surface area (Å²) in [4.78, 5) is 0. The molecule has 1 aromatic carbocycles. The van der Waals surface area contributed by atoms with Crippen LogP contribution in [0.3, 0.4) is 0 Å². The third-order valence-electron chi connectivity index (χ3n) is 2.32. The van der Waals surface area contributed by atoms with Crippen molar-refractivity contribution in [2.24, 2.45) is 11.7 Å². The van der Waals surface area contributed by atoms with Gasteiger partial charge in [0.2, 0.25) is 0 Å². The van der Waals surface area contributed by atoms with Crippen LogP contribution in [0.25, 0.3) is 0 Å². The van der Waals surface area contributed by atoms with E-state index in [1.807, 2.05) is 13.8 Å². The predicted molar refractivity (Wildman–Crippen MR) is 58.9 cm³/mol. The summed E-state index contributed by atoms with van der Waals surface area (Å²) in [7, 11) is 0. The molecule has 1 rings (SSSR count). The molecule has 0 radical (unpaired) electrons. The molecule has 0 aliphatic rings. The first-order valence-electron chi connectivity index (χ1n) is 4.96. The van der Waals surface area contributed by atoms with Crippen molar-refractivity contribution < 1.29 is 9.50 Å². The number of benzene rings is 1. The van der Waals surface area contributed by atoms with Crippen molar-refractivity contribution in [1.82, 2.24) is 0 Å². The summed E-state index contributed by atoms with van der Waals surface area (Å²) in [6.45, 7) is 4.06. The number of halogens is 1. The zero-order valence-corrected chi connectivity index (χ0v) is 9.00. The molecule has 3 nitrogen and oxygen atoms in total. The molecule has 0 spiro atoms. The van der Waals surface area contributed by atoms with Crippen LogP contribution in [0.5, 0.6) is 5.75 Å². The van der Waals surface area contributed by atoms with Gasteiger partial charge in [0.25, 0.3) is 0 Å². The van der Waals surface area contributed by atoms with Gasteiger partial charge in [-0.05, 0) is 18.4 Å². The standard InChI is InChI=1S/C11H17FN2O/c1-6(2)5-9(13)7-3-4-8(12)10(14)11(7)15/h3-4,6,9,15H,5,13-14H2,1-2H3/t9-/m1/s1. The minimum Gasteiger partial charge on any atom is -0.505 e. The fourth-order valence-electron chi connectivity index (χ4n) is 1.53. The quantitative estimate of drug-likeness (QED) is 0.531. The largest absolute Gasteiger partial charge is 0.505 e. The average Bonchev–Trinajstić information content (AvgIpc) is 2.13. The van der Waals surface area contributed by atoms with Gasteiger partial charge in [0.15, 0.2) is 0 Å². The number of phenols is 1. The maximum Gasteiger partial charge on any atom is 0.149 e. The highest BCUT2D eigenvalue weighted by molar-refractivity contribution is 5.57. The Kier molecular flexibility index (Phi) is 3.52. The highest BCUT2D eigenvalue weighted by Crippen LogP contribution is 2.33. The fourth-order valence-corrected chi connectivity index (χ4v) is 1.53. The van der Waals surface area contributed by atoms with Gasteiger partial charge in [0, 0.05) is 11.6 Å². The molecule has 0 aliphatic heterocycles. The van der Waals surface area contributed by atoms with E-state index in [0.29, 0.717) is 11.5 Å². The van der Waals surface area contributed by atoms with Crippen molar-refractivity contribution in [3.8, 4) is 5.75 Å². The normalized spacial score (nSPS) is 13.1. The smallest absolute Gasteiger partial charge is 0.149 e. The van der Waals surface area contributed by atoms with Gasteiger partial charge in [-0.3, -0.25) is 0 Å². The molecule has 0 unspecified atom stereocenters. The summed E-state index contributed by atoms with van der Waals surface area (Å²) in [6, 6.07) is 2.39. The molecular weight excluding hydrogens is 195 g/mol. The van der Waals surface area contributed by atoms with Crippen molar-refractivity contribution in [2.45, 2.75) is 26.3 Å². The molecule has 15 heavy (non-hydrogen) atoms. The van der Waals surface area contributed by atoms with Gasteiger partial charge in [-0.15, -0.1) is 0 Å². The minimum absolute atomic E-state index is 0.230. The first-order chi connectivity index (χ1) is 6.93. The van der Waals surface area contributed by atoms with Gasteiger partial charge in [-0.2, -0.15) is 0 Å². The van der Waals surface area contributed by atoms with E-state index in [1.165, 1.54) is 12.1 Å². The number of hydrogen-bond donors (Lipinski definition) is 3. The van der Waals surface area contributed by atoms with E-state index >= 15 is 0 Å². The lowest BCUT2D eigenvalue weighted by molar-refractivity contribution is 0.443. The van der Waals surface area contributed by atoms with Crippen molar-refractivity contribution in [3.63, 3.8) is 0 Å². The molecule has 0 fully saturated rings. The van der Waals surface area contributed by atoms with E-state index in [1.54, 1.807) is 0 Å². The number of aromatic hydroxyl groups is 1. The van der Waals surface area contributed by atoms with Crippen LogP contribution in [0.1, 0.15) is 31.9 Å². The maximum absolute atomic E-state index is 13.0. The second kappa shape index (κ2) is 4.49. The molecule has 84 valence electrons. The van der Waals surface area contributed by atoms with E-state index in [4.69, 9.17) is 11.5 Å². The topological polar surface area (TPSA) is 72.3 Å². The lowest BCUT2D eigenvalue weighted by Gasteiger charge is -2.16. The number of nitrogens with two attached hydrogens (primary N) is 2. The molecule has 0 saturated carbocycles. The van der Waals surface area contributed by atoms with Gasteiger partial charge in [-0.1, -0.05) is 19.9 Å². The zero-order chi connectivity index (χ0) is 11.6. The van der Waals surface area contributed by atoms with Crippen molar-refractivity contribution >= 4 is 5.69 Å². The lowest BCUT2D eigenvalue weighted by atomic mass is 9.96. The van der Waals surface area contributed by atoms with Crippen LogP contribution in [0.4, 0.5) is 10.1 Å². The van der Waals surface area contributed by atoms with E-state index in [9.17, 15) is 9.50 Å². The van der Waals surface area contributed by atoms with Crippen LogP contribution in [0.15, 0.2) is 12.1 Å². The molecule has 1 aromatic rings. The lowest BCUT2D eigenvalue weighted by Crippen LogP contribution is -2.13. The third-order valence-corrected chi connectivity index (χ3v) is 2.32. The Labute approximate surface area is 88.9 Å². The van der Waals surface area contributed by atoms with Crippen molar-refractivity contribution in [2.75, 3.05) is 5.73 Å². The van der Waals surface area contributed by atoms with Crippen LogP contribution >= 0.6 is 0 Å². The molecule has 5 N–H and O–H groups in total. The molecular formula is C11H17FN2O. The van der Waals surface area contributed by atoms with Crippen molar-refractivity contribution in [1.29, 1.82) is 0 Å². The second-order valence-electron chi connectivity index (χ2n) is 4.13. The number of hydrogen-bond acceptors (Lipinski definition) is 3. The van der Waals surface area contributed by atoms with E-state index in [2.05, 4.69) is 0 Å². The van der Waals surface area contributed by atoms with Crippen LogP contribution in [-0.2, 0) is 0 Å². The van der Waals surface area contributed by atoms with E-state index in [-0.39, 0.29) is 17.5 Å². The van der Waals surface area contributed by atoms with E-state index < -0.39 is 5.82 Å². The first kappa shape index (κ1) is 11.8. The van der Waals surface area contributed by atoms with Gasteiger partial charge in [-0.25, -0.2) is 4.39 Å². The summed E-state index contributed by atoms with van der Waals surface area (Å²) in [5, 5.41) is 9.62. The molecule has 0 aliphatic carbocycles. The predicted octanol–water partition coefficient (Wildman–Crippen LogP) is 2.16. The number of anilines is 1. The number of rotatable bonds is 3. The van der Waals surface area contributed by atoms with Crippen LogP contribution in [0.2, 0.25) is 0 Å². The molecule has 0 bridgehead atoms. The Balaban J connectivity index is 3.00. The van der Waals surface area contributed by atoms with Gasteiger partial charge in [0.1, 0.15) is 17.3 Å². The summed E-state index contributed by atoms with van der Waals surface area (Å²) >= 11 is 0. The Bertz CT molecular complexity index is 353. The van der Waals surface area contributed by atoms with Crippen LogP contribution < -0.4 is 11.5 Å². The Morgan fingerprint density at radius 2 is 2.00 bits per heavy atom. The number of phenolic OH excluding ortho intramolecular Hbond substituents is 1. The second-order valence-corrected chi connectivity index (χ2v) is 4.13. The van der Waals surface area contributed by atoms with Gasteiger partial charge >= 0.3 is 0 Å². The Morgan fingerprint density at radius 1 is 1.40 bits per heavy atom. The van der Waals surface area contributed by atoms with Crippen molar-refractivity contribution in [3.05, 3.63) is 23.5 Å². The van der Waals surface area contributed by atoms with Gasteiger partial charge in [0.05, 0.1) is 0 Å². The number of nitrogen functional groups attached to an aromatic ring is 1. The van der Waals surface area contributed by atoms with Crippen LogP contribution in [0, 0.1) is 11.7 Å². The summed E-state index contributed by atoms with van der Waals surface area (Å²) in [5.74, 6) is -0.443. The van der Waals surface area contributed by atoms with E-state index in [0.717, 1.165) is 6.42 Å². The minimum atomic E-state index is -0.618. The zero-order valence-electron chi connectivity index (χ0n) is 9.00. The first-order valence-corrected chi connectivity index (χ1v) is 4.96. The fraction of sp³-hybridized carbons (Fsp3) is 0.455. The summed E-state index contributed by atoms with van der Waals surface area (Å²) in [5.41, 5.74) is 11.5. The average molecular weight is 212 g/mol. The molecule has 0 aromatic heterocycles. The highest BCUT2D eigenvalue weighted by Gasteiger charge is 2.16.